The standard InChI is InChI=1S/C36H62N2O/c1-28(2,3)24-22-26(30(7,8)9)37-35(24,32(13,14)15)34(20-19-21-39-34)36(33(16,17)18)25(29(4,5)6)23-27(38-36)31(10,11)12/h22-23H,19-21H2,1-18H3. The van der Waals surface area contributed by atoms with Gasteiger partial charge in [0.05, 0.1) is 0 Å². The SMILES string of the molecule is CC(C)(C)C1=CC(C(C)(C)C)=NC1(C(C)(C)C)C1(C2(C(C)(C)C)N=C(C(C)(C)C)C=C2C(C)(C)C)CCCO1. The van der Waals surface area contributed by atoms with Crippen molar-refractivity contribution in [3.63, 3.8) is 0 Å². The molecule has 39 heavy (non-hydrogen) atoms. The number of aliphatic imine (C=N–C) groups is 2. The Bertz CT molecular complexity index is 1010. The number of hydrogen-bond donors (Lipinski definition) is 0. The van der Waals surface area contributed by atoms with Crippen LogP contribution in [-0.4, -0.2) is 34.7 Å². The molecule has 0 bridgehead atoms. The molecule has 0 aliphatic carbocycles. The van der Waals surface area contributed by atoms with Gasteiger partial charge in [-0.3, -0.25) is 9.98 Å². The molecule has 3 heterocycles. The molecule has 3 heteroatoms. The Labute approximate surface area is 242 Å². The summed E-state index contributed by atoms with van der Waals surface area (Å²) in [7, 11) is 0. The molecule has 3 nitrogen and oxygen atoms in total. The number of nitrogens with zero attached hydrogens (tertiary/aromatic N) is 2. The van der Waals surface area contributed by atoms with Crippen molar-refractivity contribution in [1.82, 2.24) is 0 Å². The fraction of sp³-hybridized carbons (Fsp3) is 0.833. The molecular weight excluding hydrogens is 476 g/mol. The minimum absolute atomic E-state index is 0.0730. The Hall–Kier alpha value is -1.22. The third-order valence-corrected chi connectivity index (χ3v) is 9.43. The van der Waals surface area contributed by atoms with Gasteiger partial charge in [0.25, 0.3) is 0 Å². The van der Waals surface area contributed by atoms with Crippen molar-refractivity contribution < 1.29 is 4.74 Å². The Morgan fingerprint density at radius 2 is 0.872 bits per heavy atom. The zero-order valence-corrected chi connectivity index (χ0v) is 29.1. The van der Waals surface area contributed by atoms with Crippen LogP contribution in [0.5, 0.6) is 0 Å². The topological polar surface area (TPSA) is 34.0 Å². The molecule has 0 saturated carbocycles. The smallest absolute Gasteiger partial charge is 0.127 e. The third-order valence-electron chi connectivity index (χ3n) is 9.43. The summed E-state index contributed by atoms with van der Waals surface area (Å²) in [5.41, 5.74) is 2.55. The molecule has 0 spiro atoms. The summed E-state index contributed by atoms with van der Waals surface area (Å²) in [5.74, 6) is 0. The number of allylic oxidation sites excluding steroid dienone is 2. The van der Waals surface area contributed by atoms with Crippen molar-refractivity contribution >= 4 is 11.4 Å². The number of rotatable bonds is 2. The molecule has 222 valence electrons. The van der Waals surface area contributed by atoms with Crippen molar-refractivity contribution in [1.29, 1.82) is 0 Å². The Balaban J connectivity index is 2.68. The molecule has 3 aliphatic heterocycles. The minimum Gasteiger partial charge on any atom is -0.369 e. The van der Waals surface area contributed by atoms with E-state index in [0.717, 1.165) is 19.4 Å². The van der Waals surface area contributed by atoms with E-state index in [-0.39, 0.29) is 32.5 Å². The van der Waals surface area contributed by atoms with Crippen LogP contribution in [0.25, 0.3) is 0 Å². The highest BCUT2D eigenvalue weighted by Gasteiger charge is 2.77. The Morgan fingerprint density at radius 1 is 0.538 bits per heavy atom. The fourth-order valence-electron chi connectivity index (χ4n) is 7.76. The second-order valence-corrected chi connectivity index (χ2v) is 18.8. The van der Waals surface area contributed by atoms with Crippen LogP contribution >= 0.6 is 0 Å². The quantitative estimate of drug-likeness (QED) is 0.344. The fourth-order valence-corrected chi connectivity index (χ4v) is 7.76. The summed E-state index contributed by atoms with van der Waals surface area (Å²) in [5, 5.41) is 0. The second kappa shape index (κ2) is 8.89. The van der Waals surface area contributed by atoms with Gasteiger partial charge in [-0.25, -0.2) is 0 Å². The highest BCUT2D eigenvalue weighted by molar-refractivity contribution is 6.04. The predicted octanol–water partition coefficient (Wildman–Crippen LogP) is 10.1. The van der Waals surface area contributed by atoms with Crippen molar-refractivity contribution in [2.45, 2.75) is 154 Å². The van der Waals surface area contributed by atoms with E-state index >= 15 is 0 Å². The van der Waals surface area contributed by atoms with Crippen LogP contribution in [-0.2, 0) is 4.74 Å². The van der Waals surface area contributed by atoms with Gasteiger partial charge in [-0.2, -0.15) is 0 Å². The van der Waals surface area contributed by atoms with Gasteiger partial charge in [-0.15, -0.1) is 0 Å². The van der Waals surface area contributed by atoms with Crippen LogP contribution in [0.2, 0.25) is 0 Å². The van der Waals surface area contributed by atoms with E-state index in [1.54, 1.807) is 0 Å². The monoisotopic (exact) mass is 538 g/mol. The van der Waals surface area contributed by atoms with Crippen LogP contribution in [0, 0.1) is 32.5 Å². The average Bonchev–Trinajstić information content (AvgIpc) is 3.40. The number of hydrogen-bond acceptors (Lipinski definition) is 3. The van der Waals surface area contributed by atoms with Gasteiger partial charge in [0.2, 0.25) is 0 Å². The molecule has 1 saturated heterocycles. The average molecular weight is 539 g/mol. The van der Waals surface area contributed by atoms with Crippen LogP contribution in [0.4, 0.5) is 0 Å². The first-order valence-corrected chi connectivity index (χ1v) is 15.4. The Morgan fingerprint density at radius 3 is 1.08 bits per heavy atom. The van der Waals surface area contributed by atoms with E-state index in [4.69, 9.17) is 14.7 Å². The molecule has 3 aliphatic rings. The van der Waals surface area contributed by atoms with Crippen molar-refractivity contribution in [3.05, 3.63) is 23.3 Å². The van der Waals surface area contributed by atoms with Crippen molar-refractivity contribution in [3.8, 4) is 0 Å². The molecule has 0 aromatic carbocycles. The second-order valence-electron chi connectivity index (χ2n) is 18.8. The molecular formula is C36H62N2O. The predicted molar refractivity (Wildman–Crippen MR) is 171 cm³/mol. The third kappa shape index (κ3) is 4.65. The van der Waals surface area contributed by atoms with Crippen molar-refractivity contribution in [2.75, 3.05) is 6.61 Å². The molecule has 2 atom stereocenters. The summed E-state index contributed by atoms with van der Waals surface area (Å²) in [6.07, 6.45) is 6.86. The summed E-state index contributed by atoms with van der Waals surface area (Å²) in [4.78, 5) is 11.9. The van der Waals surface area contributed by atoms with Gasteiger partial charge >= 0.3 is 0 Å². The van der Waals surface area contributed by atoms with Gasteiger partial charge in [0, 0.05) is 28.9 Å². The van der Waals surface area contributed by atoms with Crippen LogP contribution in [0.3, 0.4) is 0 Å². The van der Waals surface area contributed by atoms with Gasteiger partial charge in [0.1, 0.15) is 16.7 Å². The summed E-state index contributed by atoms with van der Waals surface area (Å²) in [6.45, 7) is 43.1. The lowest BCUT2D eigenvalue weighted by Gasteiger charge is -2.64. The van der Waals surface area contributed by atoms with Gasteiger partial charge in [-0.05, 0) is 57.8 Å². The molecule has 3 rings (SSSR count). The molecule has 2 unspecified atom stereocenters. The molecule has 0 amide bonds. The first-order chi connectivity index (χ1) is 17.1. The van der Waals surface area contributed by atoms with E-state index in [0.29, 0.717) is 0 Å². The lowest BCUT2D eigenvalue weighted by molar-refractivity contribution is -0.150. The maximum absolute atomic E-state index is 7.45. The van der Waals surface area contributed by atoms with Crippen LogP contribution in [0.1, 0.15) is 137 Å². The van der Waals surface area contributed by atoms with Gasteiger partial charge in [0.15, 0.2) is 0 Å². The van der Waals surface area contributed by atoms with E-state index in [2.05, 4.69) is 137 Å². The summed E-state index contributed by atoms with van der Waals surface area (Å²) in [6, 6.07) is 0. The summed E-state index contributed by atoms with van der Waals surface area (Å²) >= 11 is 0. The molecule has 0 aromatic rings. The molecule has 1 fully saturated rings. The van der Waals surface area contributed by atoms with Crippen molar-refractivity contribution in [2.24, 2.45) is 42.5 Å². The lowest BCUT2D eigenvalue weighted by Crippen LogP contribution is -2.75. The zero-order valence-electron chi connectivity index (χ0n) is 29.1. The van der Waals surface area contributed by atoms with Crippen LogP contribution in [0.15, 0.2) is 33.3 Å². The van der Waals surface area contributed by atoms with E-state index < -0.39 is 16.7 Å². The normalized spacial score (nSPS) is 31.3. The molecule has 0 radical (unpaired) electrons. The maximum atomic E-state index is 7.45. The molecule has 0 N–H and O–H groups in total. The zero-order chi connectivity index (χ0) is 30.5. The van der Waals surface area contributed by atoms with Gasteiger partial charge < -0.3 is 4.74 Å². The maximum Gasteiger partial charge on any atom is 0.127 e. The lowest BCUT2D eigenvalue weighted by atomic mass is 9.45. The highest BCUT2D eigenvalue weighted by atomic mass is 16.5. The van der Waals surface area contributed by atoms with Gasteiger partial charge in [-0.1, -0.05) is 125 Å². The Kier molecular flexibility index (Phi) is 7.36. The highest BCUT2D eigenvalue weighted by Crippen LogP contribution is 2.69. The largest absolute Gasteiger partial charge is 0.369 e. The number of ether oxygens (including phenoxy) is 1. The van der Waals surface area contributed by atoms with E-state index in [1.165, 1.54) is 22.6 Å². The van der Waals surface area contributed by atoms with E-state index in [1.807, 2.05) is 0 Å². The first-order valence-electron chi connectivity index (χ1n) is 15.4. The summed E-state index contributed by atoms with van der Waals surface area (Å²) < 4.78 is 7.45. The minimum atomic E-state index is -0.644. The van der Waals surface area contributed by atoms with E-state index in [9.17, 15) is 0 Å². The first kappa shape index (κ1) is 32.3. The molecule has 0 aromatic heterocycles. The van der Waals surface area contributed by atoms with Crippen LogP contribution < -0.4 is 0 Å².